The lowest BCUT2D eigenvalue weighted by Crippen LogP contribution is -2.41. The fraction of sp³-hybridized carbons (Fsp3) is 0.429. The second-order valence-electron chi connectivity index (χ2n) is 4.86. The summed E-state index contributed by atoms with van der Waals surface area (Å²) in [4.78, 5) is 23.3. The molecule has 2 rings (SSSR count). The molecule has 1 aromatic carbocycles. The molecule has 0 bridgehead atoms. The van der Waals surface area contributed by atoms with Gasteiger partial charge in [-0.3, -0.25) is 9.59 Å². The zero-order valence-electron chi connectivity index (χ0n) is 10.8. The highest BCUT2D eigenvalue weighted by Gasteiger charge is 2.46. The molecule has 1 aliphatic carbocycles. The van der Waals surface area contributed by atoms with Gasteiger partial charge >= 0.3 is 5.97 Å². The fourth-order valence-electron chi connectivity index (χ4n) is 2.62. The monoisotopic (exact) mass is 286 g/mol. The van der Waals surface area contributed by atoms with Crippen molar-refractivity contribution in [3.05, 3.63) is 35.1 Å². The summed E-state index contributed by atoms with van der Waals surface area (Å²) in [6, 6.07) is 1.09. The molecule has 0 radical (unpaired) electrons. The van der Waals surface area contributed by atoms with E-state index in [9.17, 15) is 22.8 Å². The number of methoxy groups -OCH3 is 1. The third-order valence-corrected chi connectivity index (χ3v) is 3.76. The van der Waals surface area contributed by atoms with Crippen LogP contribution in [0.25, 0.3) is 0 Å². The first-order valence-corrected chi connectivity index (χ1v) is 6.16. The van der Waals surface area contributed by atoms with Gasteiger partial charge in [0.2, 0.25) is 0 Å². The summed E-state index contributed by atoms with van der Waals surface area (Å²) in [6.07, 6.45) is 0.210. The molecule has 0 aromatic heterocycles. The van der Waals surface area contributed by atoms with Crippen molar-refractivity contribution in [3.63, 3.8) is 0 Å². The molecule has 3 nitrogen and oxygen atoms in total. The number of esters is 1. The number of benzene rings is 1. The highest BCUT2D eigenvalue weighted by molar-refractivity contribution is 5.88. The molecule has 0 spiro atoms. The third-order valence-electron chi connectivity index (χ3n) is 3.76. The van der Waals surface area contributed by atoms with E-state index in [1.54, 1.807) is 0 Å². The lowest BCUT2D eigenvalue weighted by molar-refractivity contribution is -0.149. The first kappa shape index (κ1) is 14.6. The maximum absolute atomic E-state index is 14.0. The summed E-state index contributed by atoms with van der Waals surface area (Å²) in [7, 11) is 1.14. The maximum atomic E-state index is 14.0. The van der Waals surface area contributed by atoms with Crippen LogP contribution in [0.15, 0.2) is 12.1 Å². The lowest BCUT2D eigenvalue weighted by atomic mass is 9.69. The molecule has 0 aliphatic heterocycles. The Morgan fingerprint density at radius 2 is 1.65 bits per heavy atom. The van der Waals surface area contributed by atoms with Gasteiger partial charge in [-0.25, -0.2) is 13.2 Å². The minimum absolute atomic E-state index is 0.0283. The van der Waals surface area contributed by atoms with Gasteiger partial charge in [0.15, 0.2) is 11.6 Å². The van der Waals surface area contributed by atoms with Crippen LogP contribution in [-0.2, 0) is 19.7 Å². The third kappa shape index (κ3) is 2.30. The van der Waals surface area contributed by atoms with Gasteiger partial charge < -0.3 is 4.74 Å². The second-order valence-corrected chi connectivity index (χ2v) is 4.86. The van der Waals surface area contributed by atoms with E-state index in [1.165, 1.54) is 0 Å². The maximum Gasteiger partial charge on any atom is 0.316 e. The molecule has 0 amide bonds. The van der Waals surface area contributed by atoms with Crippen molar-refractivity contribution in [2.45, 2.75) is 31.1 Å². The minimum atomic E-state index is -1.43. The van der Waals surface area contributed by atoms with Crippen LogP contribution < -0.4 is 0 Å². The average Bonchev–Trinajstić information content (AvgIpc) is 2.43. The number of rotatable bonds is 2. The van der Waals surface area contributed by atoms with Gasteiger partial charge in [0, 0.05) is 24.5 Å². The molecule has 0 N–H and O–H groups in total. The molecule has 108 valence electrons. The quantitative estimate of drug-likeness (QED) is 0.620. The average molecular weight is 286 g/mol. The van der Waals surface area contributed by atoms with Gasteiger partial charge in [0.05, 0.1) is 12.5 Å². The molecule has 0 saturated heterocycles. The Labute approximate surface area is 113 Å². The van der Waals surface area contributed by atoms with E-state index in [0.29, 0.717) is 12.1 Å². The first-order valence-electron chi connectivity index (χ1n) is 6.16. The Balaban J connectivity index is 2.55. The zero-order chi connectivity index (χ0) is 14.9. The Kier molecular flexibility index (Phi) is 3.83. The molecular formula is C14H13F3O3. The van der Waals surface area contributed by atoms with E-state index in [-0.39, 0.29) is 37.0 Å². The van der Waals surface area contributed by atoms with Gasteiger partial charge in [0.25, 0.3) is 0 Å². The Bertz CT molecular complexity index is 559. The van der Waals surface area contributed by atoms with Crippen molar-refractivity contribution in [2.24, 2.45) is 0 Å². The lowest BCUT2D eigenvalue weighted by Gasteiger charge is -2.34. The van der Waals surface area contributed by atoms with Crippen molar-refractivity contribution in [2.75, 3.05) is 7.11 Å². The number of hydrogen-bond acceptors (Lipinski definition) is 3. The highest BCUT2D eigenvalue weighted by atomic mass is 19.2. The van der Waals surface area contributed by atoms with E-state index >= 15 is 0 Å². The standard InChI is InChI=1S/C14H13F3O3/c1-20-13(19)14(4-2-8(18)3-5-14)9-6-11(16)12(17)7-10(9)15/h6-7H,2-5H2,1H3. The zero-order valence-corrected chi connectivity index (χ0v) is 10.8. The number of carbonyl (C=O) groups is 2. The molecule has 20 heavy (non-hydrogen) atoms. The topological polar surface area (TPSA) is 43.4 Å². The van der Waals surface area contributed by atoms with Gasteiger partial charge in [-0.15, -0.1) is 0 Å². The summed E-state index contributed by atoms with van der Waals surface area (Å²) in [5, 5.41) is 0. The molecule has 6 heteroatoms. The van der Waals surface area contributed by atoms with Crippen molar-refractivity contribution < 1.29 is 27.5 Å². The van der Waals surface area contributed by atoms with Crippen LogP contribution in [0.4, 0.5) is 13.2 Å². The van der Waals surface area contributed by atoms with Gasteiger partial charge in [-0.1, -0.05) is 0 Å². The van der Waals surface area contributed by atoms with Crippen LogP contribution in [0.2, 0.25) is 0 Å². The van der Waals surface area contributed by atoms with Crippen molar-refractivity contribution in [1.29, 1.82) is 0 Å². The minimum Gasteiger partial charge on any atom is -0.468 e. The molecule has 0 atom stereocenters. The normalized spacial score (nSPS) is 17.9. The number of ether oxygens (including phenoxy) is 1. The van der Waals surface area contributed by atoms with Crippen molar-refractivity contribution >= 4 is 11.8 Å². The Morgan fingerprint density at radius 1 is 1.10 bits per heavy atom. The summed E-state index contributed by atoms with van der Waals surface area (Å²) in [6.45, 7) is 0. The van der Waals surface area contributed by atoms with Crippen LogP contribution in [0.3, 0.4) is 0 Å². The molecule has 0 unspecified atom stereocenters. The van der Waals surface area contributed by atoms with E-state index in [0.717, 1.165) is 7.11 Å². The van der Waals surface area contributed by atoms with Crippen molar-refractivity contribution in [3.8, 4) is 0 Å². The van der Waals surface area contributed by atoms with Gasteiger partial charge in [0.1, 0.15) is 11.6 Å². The fourth-order valence-corrected chi connectivity index (χ4v) is 2.62. The summed E-state index contributed by atoms with van der Waals surface area (Å²) in [5.74, 6) is -4.36. The first-order chi connectivity index (χ1) is 9.40. The van der Waals surface area contributed by atoms with Crippen LogP contribution in [0.1, 0.15) is 31.2 Å². The van der Waals surface area contributed by atoms with Crippen molar-refractivity contribution in [1.82, 2.24) is 0 Å². The molecule has 0 heterocycles. The van der Waals surface area contributed by atoms with Crippen LogP contribution >= 0.6 is 0 Å². The number of ketones is 1. The van der Waals surface area contributed by atoms with E-state index in [2.05, 4.69) is 4.74 Å². The second kappa shape index (κ2) is 5.26. The summed E-state index contributed by atoms with van der Waals surface area (Å²) in [5.41, 5.74) is -1.68. The van der Waals surface area contributed by atoms with Crippen LogP contribution in [0, 0.1) is 17.5 Å². The Morgan fingerprint density at radius 3 is 2.20 bits per heavy atom. The van der Waals surface area contributed by atoms with E-state index < -0.39 is 28.8 Å². The molecule has 1 fully saturated rings. The predicted molar refractivity (Wildman–Crippen MR) is 63.5 cm³/mol. The van der Waals surface area contributed by atoms with Gasteiger partial charge in [-0.05, 0) is 18.9 Å². The molecule has 1 aliphatic rings. The highest BCUT2D eigenvalue weighted by Crippen LogP contribution is 2.41. The molecular weight excluding hydrogens is 273 g/mol. The largest absolute Gasteiger partial charge is 0.468 e. The predicted octanol–water partition coefficient (Wildman–Crippen LogP) is 2.66. The van der Waals surface area contributed by atoms with Crippen LogP contribution in [0.5, 0.6) is 0 Å². The number of Topliss-reactive ketones (excluding diaryl/α,β-unsaturated/α-hetero) is 1. The Hall–Kier alpha value is -1.85. The number of halogens is 3. The van der Waals surface area contributed by atoms with Gasteiger partial charge in [-0.2, -0.15) is 0 Å². The molecule has 1 aromatic rings. The SMILES string of the molecule is COC(=O)C1(c2cc(F)c(F)cc2F)CCC(=O)CC1. The van der Waals surface area contributed by atoms with E-state index in [4.69, 9.17) is 0 Å². The van der Waals surface area contributed by atoms with E-state index in [1.807, 2.05) is 0 Å². The summed E-state index contributed by atoms with van der Waals surface area (Å²) >= 11 is 0. The number of hydrogen-bond donors (Lipinski definition) is 0. The number of carbonyl (C=O) groups excluding carboxylic acids is 2. The smallest absolute Gasteiger partial charge is 0.316 e. The molecule has 1 saturated carbocycles. The van der Waals surface area contributed by atoms with Crippen LogP contribution in [-0.4, -0.2) is 18.9 Å². The summed E-state index contributed by atoms with van der Waals surface area (Å²) < 4.78 is 45.0.